The van der Waals surface area contributed by atoms with E-state index in [4.69, 9.17) is 4.74 Å². The minimum Gasteiger partial charge on any atom is -0.379 e. The molecule has 1 saturated heterocycles. The van der Waals surface area contributed by atoms with E-state index in [1.807, 2.05) is 0 Å². The van der Waals surface area contributed by atoms with Crippen LogP contribution >= 0.6 is 0 Å². The first-order valence-electron chi connectivity index (χ1n) is 5.82. The molecule has 1 fully saturated rings. The van der Waals surface area contributed by atoms with Gasteiger partial charge in [0.05, 0.1) is 5.60 Å². The lowest BCUT2D eigenvalue weighted by Gasteiger charge is -2.31. The van der Waals surface area contributed by atoms with Crippen molar-refractivity contribution < 1.29 is 4.74 Å². The second kappa shape index (κ2) is 5.13. The highest BCUT2D eigenvalue weighted by Gasteiger charge is 2.22. The summed E-state index contributed by atoms with van der Waals surface area (Å²) in [4.78, 5) is 0. The number of piperidine rings is 1. The van der Waals surface area contributed by atoms with Crippen molar-refractivity contribution in [3.05, 3.63) is 0 Å². The Kier molecular flexibility index (Phi) is 4.39. The molecule has 1 aliphatic heterocycles. The third kappa shape index (κ3) is 3.97. The number of hydrogen-bond acceptors (Lipinski definition) is 2. The Morgan fingerprint density at radius 1 is 1.43 bits per heavy atom. The van der Waals surface area contributed by atoms with Crippen LogP contribution in [0.25, 0.3) is 0 Å². The summed E-state index contributed by atoms with van der Waals surface area (Å²) in [6.07, 6.45) is 5.06. The van der Waals surface area contributed by atoms with Gasteiger partial charge in [-0.25, -0.2) is 0 Å². The smallest absolute Gasteiger partial charge is 0.0623 e. The zero-order chi connectivity index (χ0) is 10.6. The fourth-order valence-electron chi connectivity index (χ4n) is 2.06. The normalized spacial score (nSPS) is 29.1. The van der Waals surface area contributed by atoms with Crippen LogP contribution in [-0.4, -0.2) is 25.3 Å². The molecule has 2 heteroatoms. The first-order chi connectivity index (χ1) is 6.53. The van der Waals surface area contributed by atoms with E-state index in [0.717, 1.165) is 12.3 Å². The monoisotopic (exact) mass is 199 g/mol. The summed E-state index contributed by atoms with van der Waals surface area (Å²) in [6, 6.07) is 0.716. The molecule has 0 aromatic rings. The zero-order valence-electron chi connectivity index (χ0n) is 10.1. The fraction of sp³-hybridized carbons (Fsp3) is 1.00. The second-order valence-electron chi connectivity index (χ2n) is 5.28. The Morgan fingerprint density at radius 3 is 2.71 bits per heavy atom. The highest BCUT2D eigenvalue weighted by Crippen LogP contribution is 2.22. The van der Waals surface area contributed by atoms with Gasteiger partial charge in [0.15, 0.2) is 0 Å². The van der Waals surface area contributed by atoms with Gasteiger partial charge in [-0.15, -0.1) is 0 Å². The van der Waals surface area contributed by atoms with Crippen molar-refractivity contribution in [1.82, 2.24) is 5.32 Å². The molecule has 0 aliphatic carbocycles. The molecule has 1 N–H and O–H groups in total. The molecule has 0 bridgehead atoms. The lowest BCUT2D eigenvalue weighted by Crippen LogP contribution is -2.38. The zero-order valence-corrected chi connectivity index (χ0v) is 10.1. The van der Waals surface area contributed by atoms with Crippen LogP contribution in [0.5, 0.6) is 0 Å². The Morgan fingerprint density at radius 2 is 2.14 bits per heavy atom. The molecule has 0 saturated carbocycles. The van der Waals surface area contributed by atoms with E-state index in [0.29, 0.717) is 6.04 Å². The first kappa shape index (κ1) is 12.0. The van der Waals surface area contributed by atoms with Crippen molar-refractivity contribution in [2.24, 2.45) is 5.92 Å². The molecular formula is C12H25NO. The predicted molar refractivity (Wildman–Crippen MR) is 60.5 cm³/mol. The summed E-state index contributed by atoms with van der Waals surface area (Å²) in [5.74, 6) is 0.895. The molecule has 1 heterocycles. The van der Waals surface area contributed by atoms with Crippen LogP contribution in [0.3, 0.4) is 0 Å². The maximum Gasteiger partial charge on any atom is 0.0623 e. The molecule has 0 aromatic carbocycles. The Hall–Kier alpha value is -0.0800. The summed E-state index contributed by atoms with van der Waals surface area (Å²) in [7, 11) is 1.80. The molecule has 0 radical (unpaired) electrons. The van der Waals surface area contributed by atoms with Gasteiger partial charge in [-0.1, -0.05) is 6.92 Å². The summed E-state index contributed by atoms with van der Waals surface area (Å²) in [5.41, 5.74) is 0.0440. The molecule has 14 heavy (non-hydrogen) atoms. The SMILES string of the molecule is COC(C)(C)CCC1CC(C)CCN1. The quantitative estimate of drug-likeness (QED) is 0.751. The Bertz CT molecular complexity index is 168. The van der Waals surface area contributed by atoms with Crippen LogP contribution in [0.15, 0.2) is 0 Å². The van der Waals surface area contributed by atoms with Crippen molar-refractivity contribution in [2.75, 3.05) is 13.7 Å². The molecule has 84 valence electrons. The second-order valence-corrected chi connectivity index (χ2v) is 5.28. The third-order valence-corrected chi connectivity index (χ3v) is 3.40. The van der Waals surface area contributed by atoms with E-state index in [2.05, 4.69) is 26.1 Å². The van der Waals surface area contributed by atoms with Gasteiger partial charge in [0.25, 0.3) is 0 Å². The first-order valence-corrected chi connectivity index (χ1v) is 5.82. The molecule has 1 rings (SSSR count). The van der Waals surface area contributed by atoms with E-state index in [-0.39, 0.29) is 5.60 Å². The van der Waals surface area contributed by atoms with Gasteiger partial charge in [-0.05, 0) is 52.0 Å². The van der Waals surface area contributed by atoms with Gasteiger partial charge in [0.2, 0.25) is 0 Å². The maximum atomic E-state index is 5.43. The predicted octanol–water partition coefficient (Wildman–Crippen LogP) is 2.58. The average Bonchev–Trinajstić information content (AvgIpc) is 2.15. The van der Waals surface area contributed by atoms with Crippen molar-refractivity contribution in [1.29, 1.82) is 0 Å². The summed E-state index contributed by atoms with van der Waals surface area (Å²) >= 11 is 0. The van der Waals surface area contributed by atoms with Gasteiger partial charge in [-0.2, -0.15) is 0 Å². The number of methoxy groups -OCH3 is 1. The fourth-order valence-corrected chi connectivity index (χ4v) is 2.06. The average molecular weight is 199 g/mol. The highest BCUT2D eigenvalue weighted by molar-refractivity contribution is 4.79. The van der Waals surface area contributed by atoms with Crippen LogP contribution in [-0.2, 0) is 4.74 Å². The molecule has 0 spiro atoms. The third-order valence-electron chi connectivity index (χ3n) is 3.40. The van der Waals surface area contributed by atoms with E-state index >= 15 is 0 Å². The van der Waals surface area contributed by atoms with E-state index in [1.165, 1.54) is 25.8 Å². The van der Waals surface area contributed by atoms with Crippen molar-refractivity contribution in [2.45, 2.75) is 58.1 Å². The largest absolute Gasteiger partial charge is 0.379 e. The van der Waals surface area contributed by atoms with E-state index in [1.54, 1.807) is 7.11 Å². The molecule has 0 aromatic heterocycles. The van der Waals surface area contributed by atoms with Crippen LogP contribution < -0.4 is 5.32 Å². The van der Waals surface area contributed by atoms with Gasteiger partial charge in [-0.3, -0.25) is 0 Å². The Balaban J connectivity index is 2.23. The minimum absolute atomic E-state index is 0.0440. The summed E-state index contributed by atoms with van der Waals surface area (Å²) in [5, 5.41) is 3.59. The lowest BCUT2D eigenvalue weighted by atomic mass is 9.89. The standard InChI is InChI=1S/C12H25NO/c1-10-6-8-13-11(9-10)5-7-12(2,3)14-4/h10-11,13H,5-9H2,1-4H3. The van der Waals surface area contributed by atoms with Gasteiger partial charge >= 0.3 is 0 Å². The van der Waals surface area contributed by atoms with Gasteiger partial charge in [0.1, 0.15) is 0 Å². The number of rotatable bonds is 4. The van der Waals surface area contributed by atoms with Crippen molar-refractivity contribution >= 4 is 0 Å². The lowest BCUT2D eigenvalue weighted by molar-refractivity contribution is 0.0106. The molecule has 0 amide bonds. The number of nitrogens with one attached hydrogen (secondary N) is 1. The van der Waals surface area contributed by atoms with Crippen molar-refractivity contribution in [3.8, 4) is 0 Å². The molecule has 2 unspecified atom stereocenters. The van der Waals surface area contributed by atoms with Crippen molar-refractivity contribution in [3.63, 3.8) is 0 Å². The van der Waals surface area contributed by atoms with E-state index in [9.17, 15) is 0 Å². The molecule has 2 atom stereocenters. The van der Waals surface area contributed by atoms with Crippen LogP contribution in [0.1, 0.15) is 46.5 Å². The Labute approximate surface area is 88.4 Å². The highest BCUT2D eigenvalue weighted by atomic mass is 16.5. The molecule has 1 aliphatic rings. The maximum absolute atomic E-state index is 5.43. The number of ether oxygens (including phenoxy) is 1. The molecular weight excluding hydrogens is 174 g/mol. The summed E-state index contributed by atoms with van der Waals surface area (Å²) < 4.78 is 5.43. The summed E-state index contributed by atoms with van der Waals surface area (Å²) in [6.45, 7) is 7.88. The van der Waals surface area contributed by atoms with Gasteiger partial charge < -0.3 is 10.1 Å². The van der Waals surface area contributed by atoms with Crippen LogP contribution in [0.4, 0.5) is 0 Å². The molecule has 2 nitrogen and oxygen atoms in total. The van der Waals surface area contributed by atoms with Crippen LogP contribution in [0, 0.1) is 5.92 Å². The number of hydrogen-bond donors (Lipinski definition) is 1. The topological polar surface area (TPSA) is 21.3 Å². The van der Waals surface area contributed by atoms with Crippen LogP contribution in [0.2, 0.25) is 0 Å². The minimum atomic E-state index is 0.0440. The van der Waals surface area contributed by atoms with Gasteiger partial charge in [0, 0.05) is 13.2 Å². The van der Waals surface area contributed by atoms with E-state index < -0.39 is 0 Å².